The summed E-state index contributed by atoms with van der Waals surface area (Å²) in [6.45, 7) is 7.79. The van der Waals surface area contributed by atoms with E-state index in [1.54, 1.807) is 6.92 Å². The SMILES string of the molecule is CCC(=O)O[C@@H](C)C1(c2ccc(C)cc2)Oc2cc(C)ccc21. The molecule has 2 atom stereocenters. The van der Waals surface area contributed by atoms with Crippen LogP contribution in [0.1, 0.15) is 42.5 Å². The minimum atomic E-state index is -0.721. The molecule has 3 rings (SSSR count). The molecule has 1 heterocycles. The Hall–Kier alpha value is -2.29. The van der Waals surface area contributed by atoms with Crippen LogP contribution in [0.2, 0.25) is 0 Å². The molecule has 0 N–H and O–H groups in total. The highest BCUT2D eigenvalue weighted by Gasteiger charge is 2.53. The number of carbonyl (C=O) groups excluding carboxylic acids is 1. The predicted octanol–water partition coefficient (Wildman–Crippen LogP) is 4.28. The summed E-state index contributed by atoms with van der Waals surface area (Å²) < 4.78 is 11.8. The van der Waals surface area contributed by atoms with Gasteiger partial charge in [0.25, 0.3) is 0 Å². The first-order valence-corrected chi connectivity index (χ1v) is 8.04. The Bertz CT molecular complexity index is 733. The fourth-order valence-corrected chi connectivity index (χ4v) is 3.12. The first kappa shape index (κ1) is 15.6. The second-order valence-corrected chi connectivity index (χ2v) is 6.19. The van der Waals surface area contributed by atoms with E-state index in [0.29, 0.717) is 6.42 Å². The van der Waals surface area contributed by atoms with Crippen molar-refractivity contribution < 1.29 is 14.3 Å². The molecule has 0 saturated heterocycles. The van der Waals surface area contributed by atoms with Crippen molar-refractivity contribution in [1.29, 1.82) is 0 Å². The van der Waals surface area contributed by atoms with Gasteiger partial charge in [-0.25, -0.2) is 0 Å². The maximum absolute atomic E-state index is 11.8. The molecule has 0 spiro atoms. The minimum Gasteiger partial charge on any atom is -0.473 e. The average Bonchev–Trinajstić information content (AvgIpc) is 2.51. The molecule has 120 valence electrons. The summed E-state index contributed by atoms with van der Waals surface area (Å²) in [5.41, 5.74) is 3.70. The number of ether oxygens (including phenoxy) is 2. The van der Waals surface area contributed by atoms with Crippen LogP contribution in [-0.4, -0.2) is 12.1 Å². The van der Waals surface area contributed by atoms with Crippen molar-refractivity contribution in [1.82, 2.24) is 0 Å². The summed E-state index contributed by atoms with van der Waals surface area (Å²) in [5, 5.41) is 0. The molecule has 1 unspecified atom stereocenters. The standard InChI is InChI=1S/C20H22O3/c1-5-19(21)22-15(4)20(16-9-6-13(2)7-10-16)17-11-8-14(3)12-18(17)23-20/h6-12,15H,5H2,1-4H3/t15-,20?/m0/s1. The minimum absolute atomic E-state index is 0.215. The van der Waals surface area contributed by atoms with Gasteiger partial charge in [0, 0.05) is 17.5 Å². The summed E-state index contributed by atoms with van der Waals surface area (Å²) in [7, 11) is 0. The third-order valence-corrected chi connectivity index (χ3v) is 4.46. The molecule has 0 aliphatic carbocycles. The van der Waals surface area contributed by atoms with Crippen molar-refractivity contribution in [3.63, 3.8) is 0 Å². The molecule has 2 aromatic rings. The highest BCUT2D eigenvalue weighted by molar-refractivity contribution is 5.69. The van der Waals surface area contributed by atoms with Gasteiger partial charge in [0.15, 0.2) is 5.60 Å². The Labute approximate surface area is 137 Å². The third kappa shape index (κ3) is 2.50. The van der Waals surface area contributed by atoms with Crippen LogP contribution in [0.4, 0.5) is 0 Å². The van der Waals surface area contributed by atoms with Gasteiger partial charge in [-0.15, -0.1) is 0 Å². The van der Waals surface area contributed by atoms with Crippen molar-refractivity contribution in [2.45, 2.75) is 45.8 Å². The fourth-order valence-electron chi connectivity index (χ4n) is 3.12. The molecule has 2 aromatic carbocycles. The van der Waals surface area contributed by atoms with Gasteiger partial charge in [-0.05, 0) is 32.4 Å². The average molecular weight is 310 g/mol. The van der Waals surface area contributed by atoms with Gasteiger partial charge in [-0.1, -0.05) is 48.9 Å². The monoisotopic (exact) mass is 310 g/mol. The number of benzene rings is 2. The summed E-state index contributed by atoms with van der Waals surface area (Å²) in [6, 6.07) is 14.4. The molecule has 0 radical (unpaired) electrons. The van der Waals surface area contributed by atoms with Crippen molar-refractivity contribution >= 4 is 5.97 Å². The van der Waals surface area contributed by atoms with Crippen LogP contribution in [0.25, 0.3) is 0 Å². The lowest BCUT2D eigenvalue weighted by Gasteiger charge is -2.47. The van der Waals surface area contributed by atoms with E-state index in [1.165, 1.54) is 5.56 Å². The van der Waals surface area contributed by atoms with Crippen molar-refractivity contribution in [3.8, 4) is 5.75 Å². The topological polar surface area (TPSA) is 35.5 Å². The lowest BCUT2D eigenvalue weighted by Crippen LogP contribution is -2.52. The van der Waals surface area contributed by atoms with Crippen LogP contribution in [-0.2, 0) is 15.1 Å². The van der Waals surface area contributed by atoms with Gasteiger partial charge in [0.05, 0.1) is 0 Å². The Kier molecular flexibility index (Phi) is 3.88. The van der Waals surface area contributed by atoms with Crippen LogP contribution in [0, 0.1) is 13.8 Å². The van der Waals surface area contributed by atoms with E-state index >= 15 is 0 Å². The molecular weight excluding hydrogens is 288 g/mol. The molecule has 1 aliphatic rings. The number of carbonyl (C=O) groups is 1. The Morgan fingerprint density at radius 3 is 2.39 bits per heavy atom. The number of hydrogen-bond acceptors (Lipinski definition) is 3. The highest BCUT2D eigenvalue weighted by Crippen LogP contribution is 2.51. The largest absolute Gasteiger partial charge is 0.473 e. The molecule has 0 fully saturated rings. The van der Waals surface area contributed by atoms with E-state index in [0.717, 1.165) is 22.4 Å². The van der Waals surface area contributed by atoms with E-state index in [1.807, 2.05) is 19.9 Å². The summed E-state index contributed by atoms with van der Waals surface area (Å²) >= 11 is 0. The van der Waals surface area contributed by atoms with Gasteiger partial charge < -0.3 is 9.47 Å². The molecule has 1 aliphatic heterocycles. The number of hydrogen-bond donors (Lipinski definition) is 0. The van der Waals surface area contributed by atoms with E-state index in [9.17, 15) is 4.79 Å². The molecule has 0 bridgehead atoms. The molecule has 0 aromatic heterocycles. The first-order valence-electron chi connectivity index (χ1n) is 8.04. The predicted molar refractivity (Wildman–Crippen MR) is 89.6 cm³/mol. The van der Waals surface area contributed by atoms with Gasteiger partial charge >= 0.3 is 5.97 Å². The van der Waals surface area contributed by atoms with Crippen LogP contribution < -0.4 is 4.74 Å². The van der Waals surface area contributed by atoms with Gasteiger partial charge in [0.2, 0.25) is 0 Å². The van der Waals surface area contributed by atoms with Crippen LogP contribution in [0.3, 0.4) is 0 Å². The maximum atomic E-state index is 11.8. The van der Waals surface area contributed by atoms with E-state index in [2.05, 4.69) is 43.3 Å². The van der Waals surface area contributed by atoms with Crippen molar-refractivity contribution in [2.24, 2.45) is 0 Å². The van der Waals surface area contributed by atoms with E-state index < -0.39 is 11.7 Å². The lowest BCUT2D eigenvalue weighted by molar-refractivity contribution is -0.161. The summed E-state index contributed by atoms with van der Waals surface area (Å²) in [6.07, 6.45) is -0.0393. The van der Waals surface area contributed by atoms with Crippen molar-refractivity contribution in [3.05, 3.63) is 64.7 Å². The van der Waals surface area contributed by atoms with Crippen molar-refractivity contribution in [2.75, 3.05) is 0 Å². The Morgan fingerprint density at radius 1 is 1.13 bits per heavy atom. The number of aryl methyl sites for hydroxylation is 2. The van der Waals surface area contributed by atoms with Gasteiger partial charge in [-0.3, -0.25) is 4.79 Å². The van der Waals surface area contributed by atoms with Crippen LogP contribution in [0.15, 0.2) is 42.5 Å². The lowest BCUT2D eigenvalue weighted by atomic mass is 9.77. The number of fused-ring (bicyclic) bond motifs is 1. The fraction of sp³-hybridized carbons (Fsp3) is 0.350. The highest BCUT2D eigenvalue weighted by atomic mass is 16.6. The quantitative estimate of drug-likeness (QED) is 0.791. The molecule has 0 amide bonds. The zero-order valence-corrected chi connectivity index (χ0v) is 14.1. The molecular formula is C20H22O3. The molecule has 23 heavy (non-hydrogen) atoms. The summed E-state index contributed by atoms with van der Waals surface area (Å²) in [4.78, 5) is 11.8. The molecule has 0 saturated carbocycles. The zero-order valence-electron chi connectivity index (χ0n) is 14.1. The summed E-state index contributed by atoms with van der Waals surface area (Å²) in [5.74, 6) is 0.651. The smallest absolute Gasteiger partial charge is 0.305 e. The first-order chi connectivity index (χ1) is 11.0. The maximum Gasteiger partial charge on any atom is 0.305 e. The number of esters is 1. The van der Waals surface area contributed by atoms with E-state index in [-0.39, 0.29) is 5.97 Å². The second-order valence-electron chi connectivity index (χ2n) is 6.19. The third-order valence-electron chi connectivity index (χ3n) is 4.46. The zero-order chi connectivity index (χ0) is 16.6. The number of rotatable bonds is 4. The Balaban J connectivity index is 2.06. The second kappa shape index (κ2) is 5.73. The van der Waals surface area contributed by atoms with Crippen LogP contribution in [0.5, 0.6) is 5.75 Å². The van der Waals surface area contributed by atoms with Gasteiger partial charge in [0.1, 0.15) is 11.9 Å². The normalized spacial score (nSPS) is 20.0. The molecule has 3 nitrogen and oxygen atoms in total. The molecule has 3 heteroatoms. The van der Waals surface area contributed by atoms with Gasteiger partial charge in [-0.2, -0.15) is 0 Å². The Morgan fingerprint density at radius 2 is 1.78 bits per heavy atom. The van der Waals surface area contributed by atoms with E-state index in [4.69, 9.17) is 9.47 Å². The van der Waals surface area contributed by atoms with Crippen LogP contribution >= 0.6 is 0 Å².